The molecule has 0 aromatic heterocycles. The lowest BCUT2D eigenvalue weighted by molar-refractivity contribution is 0.238. The van der Waals surface area contributed by atoms with E-state index in [-0.39, 0.29) is 5.41 Å². The van der Waals surface area contributed by atoms with Crippen LogP contribution in [0.4, 0.5) is 0 Å². The second kappa shape index (κ2) is 9.59. The number of hydrogen-bond donors (Lipinski definition) is 0. The fourth-order valence-corrected chi connectivity index (χ4v) is 3.24. The van der Waals surface area contributed by atoms with Crippen molar-refractivity contribution in [3.8, 4) is 0 Å². The molecule has 0 fully saturated rings. The van der Waals surface area contributed by atoms with Crippen LogP contribution in [0, 0.1) is 11.3 Å². The molecule has 1 unspecified atom stereocenters. The predicted molar refractivity (Wildman–Crippen MR) is 76.7 cm³/mol. The minimum Gasteiger partial charge on any atom is -0.126 e. The molecule has 0 aliphatic heterocycles. The zero-order valence-corrected chi connectivity index (χ0v) is 12.7. The first-order valence-electron chi connectivity index (χ1n) is 6.79. The van der Waals surface area contributed by atoms with E-state index >= 15 is 0 Å². The van der Waals surface area contributed by atoms with Crippen LogP contribution in [-0.2, 0) is 0 Å². The molecule has 0 nitrogen and oxygen atoms in total. The minimum absolute atomic E-state index is 0.187. The van der Waals surface area contributed by atoms with Crippen LogP contribution in [0.1, 0.15) is 65.7 Å². The summed E-state index contributed by atoms with van der Waals surface area (Å²) >= 11 is 12.3. The Morgan fingerprint density at radius 2 is 1.62 bits per heavy atom. The van der Waals surface area contributed by atoms with E-state index in [9.17, 15) is 0 Å². The van der Waals surface area contributed by atoms with E-state index in [1.807, 2.05) is 0 Å². The molecular formula is C14H28Cl2. The van der Waals surface area contributed by atoms with Crippen molar-refractivity contribution >= 4 is 23.2 Å². The van der Waals surface area contributed by atoms with Crippen LogP contribution >= 0.6 is 23.2 Å². The summed E-state index contributed by atoms with van der Waals surface area (Å²) in [6.07, 6.45) is 8.80. The van der Waals surface area contributed by atoms with E-state index in [1.165, 1.54) is 44.9 Å². The van der Waals surface area contributed by atoms with Crippen molar-refractivity contribution in [3.63, 3.8) is 0 Å². The van der Waals surface area contributed by atoms with Gasteiger partial charge in [0.15, 0.2) is 0 Å². The fraction of sp³-hybridized carbons (Fsp3) is 1.00. The third-order valence-electron chi connectivity index (χ3n) is 3.61. The topological polar surface area (TPSA) is 0 Å². The molecule has 98 valence electrons. The molecule has 0 amide bonds. The van der Waals surface area contributed by atoms with E-state index in [0.29, 0.717) is 11.8 Å². The minimum atomic E-state index is 0.187. The van der Waals surface area contributed by atoms with Crippen molar-refractivity contribution in [2.75, 3.05) is 11.8 Å². The Balaban J connectivity index is 4.32. The molecule has 0 aromatic rings. The highest BCUT2D eigenvalue weighted by Gasteiger charge is 2.30. The number of halogens is 2. The van der Waals surface area contributed by atoms with Crippen LogP contribution in [0.15, 0.2) is 0 Å². The maximum Gasteiger partial charge on any atom is 0.0291 e. The Labute approximate surface area is 112 Å². The van der Waals surface area contributed by atoms with E-state index in [0.717, 1.165) is 5.92 Å². The van der Waals surface area contributed by atoms with Crippen molar-refractivity contribution in [3.05, 3.63) is 0 Å². The smallest absolute Gasteiger partial charge is 0.0291 e. The Kier molecular flexibility index (Phi) is 9.94. The quantitative estimate of drug-likeness (QED) is 0.435. The number of unbranched alkanes of at least 4 members (excludes halogenated alkanes) is 1. The molecule has 0 radical (unpaired) electrons. The van der Waals surface area contributed by atoms with E-state index < -0.39 is 0 Å². The molecular weight excluding hydrogens is 239 g/mol. The highest BCUT2D eigenvalue weighted by molar-refractivity contribution is 6.21. The Hall–Kier alpha value is 0.580. The standard InChI is InChI=1S/C14H28Cl2/c1-4-7-8-13(6-3)10-14(11-15,12-16)9-5-2/h13H,4-12H2,1-3H3. The van der Waals surface area contributed by atoms with Gasteiger partial charge in [0, 0.05) is 11.8 Å². The fourth-order valence-electron chi connectivity index (χ4n) is 2.47. The van der Waals surface area contributed by atoms with Crippen LogP contribution in [0.2, 0.25) is 0 Å². The van der Waals surface area contributed by atoms with Gasteiger partial charge in [0.25, 0.3) is 0 Å². The summed E-state index contributed by atoms with van der Waals surface area (Å²) < 4.78 is 0. The van der Waals surface area contributed by atoms with E-state index in [1.54, 1.807) is 0 Å². The summed E-state index contributed by atoms with van der Waals surface area (Å²) in [6, 6.07) is 0. The summed E-state index contributed by atoms with van der Waals surface area (Å²) in [4.78, 5) is 0. The second-order valence-corrected chi connectivity index (χ2v) is 5.67. The van der Waals surface area contributed by atoms with Gasteiger partial charge in [-0.2, -0.15) is 0 Å². The first kappa shape index (κ1) is 16.6. The number of rotatable bonds is 10. The van der Waals surface area contributed by atoms with Gasteiger partial charge in [-0.3, -0.25) is 0 Å². The van der Waals surface area contributed by atoms with Crippen LogP contribution < -0.4 is 0 Å². The normalized spacial score (nSPS) is 14.1. The predicted octanol–water partition coefficient (Wildman–Crippen LogP) is 5.86. The molecule has 0 rings (SSSR count). The molecule has 0 bridgehead atoms. The Morgan fingerprint density at radius 1 is 1.00 bits per heavy atom. The molecule has 16 heavy (non-hydrogen) atoms. The van der Waals surface area contributed by atoms with Gasteiger partial charge in [0.1, 0.15) is 0 Å². The van der Waals surface area contributed by atoms with Gasteiger partial charge in [-0.25, -0.2) is 0 Å². The lowest BCUT2D eigenvalue weighted by atomic mass is 9.76. The van der Waals surface area contributed by atoms with Crippen molar-refractivity contribution < 1.29 is 0 Å². The molecule has 0 heterocycles. The van der Waals surface area contributed by atoms with Crippen molar-refractivity contribution in [1.29, 1.82) is 0 Å². The van der Waals surface area contributed by atoms with Crippen molar-refractivity contribution in [1.82, 2.24) is 0 Å². The van der Waals surface area contributed by atoms with Gasteiger partial charge < -0.3 is 0 Å². The largest absolute Gasteiger partial charge is 0.126 e. The van der Waals surface area contributed by atoms with Gasteiger partial charge in [0.05, 0.1) is 0 Å². The molecule has 1 atom stereocenters. The SMILES string of the molecule is CCCCC(CC)CC(CCl)(CCl)CCC. The summed E-state index contributed by atoms with van der Waals surface area (Å²) in [6.45, 7) is 6.77. The molecule has 0 N–H and O–H groups in total. The third kappa shape index (κ3) is 5.77. The molecule has 0 spiro atoms. The second-order valence-electron chi connectivity index (χ2n) is 5.14. The van der Waals surface area contributed by atoms with Crippen molar-refractivity contribution in [2.45, 2.75) is 65.7 Å². The van der Waals surface area contributed by atoms with Crippen LogP contribution in [-0.4, -0.2) is 11.8 Å². The summed E-state index contributed by atoms with van der Waals surface area (Å²) in [5.74, 6) is 2.24. The summed E-state index contributed by atoms with van der Waals surface area (Å²) in [5.41, 5.74) is 0.187. The van der Waals surface area contributed by atoms with Gasteiger partial charge in [-0.05, 0) is 24.2 Å². The average Bonchev–Trinajstić information content (AvgIpc) is 2.33. The van der Waals surface area contributed by atoms with Gasteiger partial charge in [-0.1, -0.05) is 52.9 Å². The Bertz CT molecular complexity index is 153. The maximum atomic E-state index is 6.15. The molecule has 0 aliphatic carbocycles. The maximum absolute atomic E-state index is 6.15. The first-order chi connectivity index (χ1) is 7.67. The molecule has 0 aliphatic rings. The molecule has 0 aromatic carbocycles. The molecule has 0 saturated carbocycles. The summed E-state index contributed by atoms with van der Waals surface area (Å²) in [7, 11) is 0. The monoisotopic (exact) mass is 266 g/mol. The number of hydrogen-bond acceptors (Lipinski definition) is 0. The van der Waals surface area contributed by atoms with E-state index in [4.69, 9.17) is 23.2 Å². The zero-order chi connectivity index (χ0) is 12.4. The van der Waals surface area contributed by atoms with Crippen LogP contribution in [0.3, 0.4) is 0 Å². The lowest BCUT2D eigenvalue weighted by Gasteiger charge is -2.33. The number of alkyl halides is 2. The van der Waals surface area contributed by atoms with Crippen LogP contribution in [0.25, 0.3) is 0 Å². The van der Waals surface area contributed by atoms with Crippen molar-refractivity contribution in [2.24, 2.45) is 11.3 Å². The Morgan fingerprint density at radius 3 is 2.00 bits per heavy atom. The van der Waals surface area contributed by atoms with Gasteiger partial charge >= 0.3 is 0 Å². The average molecular weight is 267 g/mol. The lowest BCUT2D eigenvalue weighted by Crippen LogP contribution is -2.28. The van der Waals surface area contributed by atoms with Gasteiger partial charge in [-0.15, -0.1) is 23.2 Å². The first-order valence-corrected chi connectivity index (χ1v) is 7.86. The van der Waals surface area contributed by atoms with E-state index in [2.05, 4.69) is 20.8 Å². The molecule has 0 saturated heterocycles. The highest BCUT2D eigenvalue weighted by atomic mass is 35.5. The molecule has 2 heteroatoms. The zero-order valence-electron chi connectivity index (χ0n) is 11.2. The highest BCUT2D eigenvalue weighted by Crippen LogP contribution is 2.37. The summed E-state index contributed by atoms with van der Waals surface area (Å²) in [5, 5.41) is 0. The third-order valence-corrected chi connectivity index (χ3v) is 4.75. The van der Waals surface area contributed by atoms with Crippen LogP contribution in [0.5, 0.6) is 0 Å². The van der Waals surface area contributed by atoms with Gasteiger partial charge in [0.2, 0.25) is 0 Å².